The Balaban J connectivity index is 2.69. The summed E-state index contributed by atoms with van der Waals surface area (Å²) in [6.07, 6.45) is 1.59. The number of likely N-dealkylation sites (N-methyl/N-ethyl adjacent to an activating group) is 1. The second-order valence-electron chi connectivity index (χ2n) is 2.80. The zero-order valence-electron chi connectivity index (χ0n) is 7.66. The van der Waals surface area contributed by atoms with Crippen LogP contribution in [0.3, 0.4) is 0 Å². The molecule has 0 saturated carbocycles. The molecule has 0 aliphatic rings. The summed E-state index contributed by atoms with van der Waals surface area (Å²) in [5.74, 6) is 0. The fourth-order valence-electron chi connectivity index (χ4n) is 1.02. The van der Waals surface area contributed by atoms with Gasteiger partial charge in [-0.25, -0.2) is 4.68 Å². The molecule has 0 atom stereocenters. The molecule has 0 amide bonds. The highest BCUT2D eigenvalue weighted by Gasteiger charge is 1.97. The predicted octanol–water partition coefficient (Wildman–Crippen LogP) is 0.0189. The second kappa shape index (κ2) is 4.57. The molecule has 13 heavy (non-hydrogen) atoms. The molecule has 1 rings (SSSR count). The van der Waals surface area contributed by atoms with E-state index in [4.69, 9.17) is 0 Å². The first-order valence-corrected chi connectivity index (χ1v) is 4.07. The van der Waals surface area contributed by atoms with Crippen molar-refractivity contribution in [1.29, 1.82) is 0 Å². The maximum Gasteiger partial charge on any atom is 0.267 e. The van der Waals surface area contributed by atoms with E-state index in [1.807, 2.05) is 7.05 Å². The van der Waals surface area contributed by atoms with E-state index in [1.165, 1.54) is 10.7 Å². The quantitative estimate of drug-likeness (QED) is 0.663. The Labute approximate surface area is 76.9 Å². The minimum Gasteiger partial charge on any atom is -0.316 e. The molecule has 0 aromatic carbocycles. The second-order valence-corrected chi connectivity index (χ2v) is 2.80. The Morgan fingerprint density at radius 2 is 2.54 bits per heavy atom. The molecule has 0 bridgehead atoms. The SMILES string of the molecule is C=C(CNC)Cn1ncccc1=O. The van der Waals surface area contributed by atoms with Gasteiger partial charge in [0.1, 0.15) is 0 Å². The molecule has 0 saturated heterocycles. The van der Waals surface area contributed by atoms with Crippen molar-refractivity contribution < 1.29 is 0 Å². The van der Waals surface area contributed by atoms with Gasteiger partial charge in [-0.05, 0) is 18.7 Å². The number of hydrogen-bond donors (Lipinski definition) is 1. The average Bonchev–Trinajstić information content (AvgIpc) is 2.09. The summed E-state index contributed by atoms with van der Waals surface area (Å²) in [5.41, 5.74) is 0.836. The van der Waals surface area contributed by atoms with Gasteiger partial charge in [0.25, 0.3) is 5.56 Å². The molecule has 0 radical (unpaired) electrons. The fourth-order valence-corrected chi connectivity index (χ4v) is 1.02. The molecular weight excluding hydrogens is 166 g/mol. The first-order valence-electron chi connectivity index (χ1n) is 4.07. The van der Waals surface area contributed by atoms with Gasteiger partial charge in [-0.15, -0.1) is 0 Å². The maximum absolute atomic E-state index is 11.2. The van der Waals surface area contributed by atoms with Crippen molar-refractivity contribution in [2.45, 2.75) is 6.54 Å². The average molecular weight is 179 g/mol. The zero-order valence-corrected chi connectivity index (χ0v) is 7.66. The van der Waals surface area contributed by atoms with Gasteiger partial charge in [0, 0.05) is 18.8 Å². The molecule has 0 aliphatic heterocycles. The van der Waals surface area contributed by atoms with Crippen LogP contribution in [-0.4, -0.2) is 23.4 Å². The lowest BCUT2D eigenvalue weighted by atomic mass is 10.3. The normalized spacial score (nSPS) is 9.92. The van der Waals surface area contributed by atoms with Crippen LogP contribution in [0.15, 0.2) is 35.3 Å². The predicted molar refractivity (Wildman–Crippen MR) is 51.6 cm³/mol. The Morgan fingerprint density at radius 3 is 3.15 bits per heavy atom. The highest BCUT2D eigenvalue weighted by atomic mass is 16.1. The monoisotopic (exact) mass is 179 g/mol. The fraction of sp³-hybridized carbons (Fsp3) is 0.333. The van der Waals surface area contributed by atoms with Crippen LogP contribution in [0.1, 0.15) is 0 Å². The highest BCUT2D eigenvalue weighted by Crippen LogP contribution is 1.89. The Kier molecular flexibility index (Phi) is 3.40. The number of hydrogen-bond acceptors (Lipinski definition) is 3. The Morgan fingerprint density at radius 1 is 1.77 bits per heavy atom. The number of aromatic nitrogens is 2. The zero-order chi connectivity index (χ0) is 9.68. The third-order valence-corrected chi connectivity index (χ3v) is 1.59. The van der Waals surface area contributed by atoms with E-state index in [0.717, 1.165) is 5.57 Å². The summed E-state index contributed by atoms with van der Waals surface area (Å²) in [5, 5.41) is 6.88. The van der Waals surface area contributed by atoms with Crippen LogP contribution in [-0.2, 0) is 6.54 Å². The van der Waals surface area contributed by atoms with Crippen molar-refractivity contribution in [2.75, 3.05) is 13.6 Å². The number of nitrogens with one attached hydrogen (secondary N) is 1. The van der Waals surface area contributed by atoms with Crippen molar-refractivity contribution >= 4 is 0 Å². The third-order valence-electron chi connectivity index (χ3n) is 1.59. The molecule has 0 spiro atoms. The van der Waals surface area contributed by atoms with E-state index in [0.29, 0.717) is 13.1 Å². The van der Waals surface area contributed by atoms with E-state index in [2.05, 4.69) is 17.0 Å². The standard InChI is InChI=1S/C9H13N3O/c1-8(6-10-2)7-12-9(13)4-3-5-11-12/h3-5,10H,1,6-7H2,2H3. The van der Waals surface area contributed by atoms with Crippen LogP contribution in [0.4, 0.5) is 0 Å². The van der Waals surface area contributed by atoms with E-state index in [-0.39, 0.29) is 5.56 Å². The minimum atomic E-state index is -0.0975. The lowest BCUT2D eigenvalue weighted by Gasteiger charge is -2.05. The van der Waals surface area contributed by atoms with Crippen molar-refractivity contribution in [3.8, 4) is 0 Å². The minimum absolute atomic E-state index is 0.0975. The summed E-state index contributed by atoms with van der Waals surface area (Å²) >= 11 is 0. The molecule has 4 nitrogen and oxygen atoms in total. The van der Waals surface area contributed by atoms with Crippen molar-refractivity contribution in [2.24, 2.45) is 0 Å². The molecule has 4 heteroatoms. The number of rotatable bonds is 4. The summed E-state index contributed by atoms with van der Waals surface area (Å²) in [6, 6.07) is 3.11. The molecular formula is C9H13N3O. The Hall–Kier alpha value is -1.42. The van der Waals surface area contributed by atoms with E-state index >= 15 is 0 Å². The van der Waals surface area contributed by atoms with Gasteiger partial charge in [0.15, 0.2) is 0 Å². The first kappa shape index (κ1) is 9.67. The molecule has 0 aliphatic carbocycles. The summed E-state index contributed by atoms with van der Waals surface area (Å²) < 4.78 is 1.39. The summed E-state index contributed by atoms with van der Waals surface area (Å²) in [7, 11) is 1.84. The van der Waals surface area contributed by atoms with E-state index in [1.54, 1.807) is 12.3 Å². The largest absolute Gasteiger partial charge is 0.316 e. The molecule has 70 valence electrons. The smallest absolute Gasteiger partial charge is 0.267 e. The van der Waals surface area contributed by atoms with Gasteiger partial charge in [0.2, 0.25) is 0 Å². The van der Waals surface area contributed by atoms with Crippen LogP contribution < -0.4 is 10.9 Å². The molecule has 1 aromatic heterocycles. The van der Waals surface area contributed by atoms with E-state index < -0.39 is 0 Å². The van der Waals surface area contributed by atoms with Gasteiger partial charge in [-0.3, -0.25) is 4.79 Å². The van der Waals surface area contributed by atoms with Crippen LogP contribution in [0.5, 0.6) is 0 Å². The van der Waals surface area contributed by atoms with Crippen molar-refractivity contribution in [1.82, 2.24) is 15.1 Å². The van der Waals surface area contributed by atoms with E-state index in [9.17, 15) is 4.79 Å². The first-order chi connectivity index (χ1) is 6.24. The Bertz CT molecular complexity index is 343. The van der Waals surface area contributed by atoms with Crippen molar-refractivity contribution in [3.63, 3.8) is 0 Å². The molecule has 0 unspecified atom stereocenters. The van der Waals surface area contributed by atoms with Gasteiger partial charge in [0.05, 0.1) is 6.54 Å². The van der Waals surface area contributed by atoms with Gasteiger partial charge in [-0.1, -0.05) is 6.58 Å². The summed E-state index contributed by atoms with van der Waals surface area (Å²) in [4.78, 5) is 11.2. The highest BCUT2D eigenvalue weighted by molar-refractivity contribution is 4.97. The van der Waals surface area contributed by atoms with Crippen LogP contribution in [0.2, 0.25) is 0 Å². The molecule has 0 fully saturated rings. The van der Waals surface area contributed by atoms with Gasteiger partial charge in [-0.2, -0.15) is 5.10 Å². The number of nitrogens with zero attached hydrogens (tertiary/aromatic N) is 2. The van der Waals surface area contributed by atoms with Crippen LogP contribution in [0.25, 0.3) is 0 Å². The maximum atomic E-state index is 11.2. The molecule has 1 aromatic rings. The molecule has 1 N–H and O–H groups in total. The van der Waals surface area contributed by atoms with Gasteiger partial charge < -0.3 is 5.32 Å². The van der Waals surface area contributed by atoms with Crippen molar-refractivity contribution in [3.05, 3.63) is 40.8 Å². The van der Waals surface area contributed by atoms with Crippen LogP contribution in [0, 0.1) is 0 Å². The van der Waals surface area contributed by atoms with Gasteiger partial charge >= 0.3 is 0 Å². The lowest BCUT2D eigenvalue weighted by molar-refractivity contribution is 0.616. The summed E-state index contributed by atoms with van der Waals surface area (Å²) in [6.45, 7) is 4.99. The third kappa shape index (κ3) is 2.83. The molecule has 1 heterocycles. The van der Waals surface area contributed by atoms with Crippen LogP contribution >= 0.6 is 0 Å². The lowest BCUT2D eigenvalue weighted by Crippen LogP contribution is -2.24. The topological polar surface area (TPSA) is 46.9 Å².